The summed E-state index contributed by atoms with van der Waals surface area (Å²) in [5.74, 6) is 1.33. The molecule has 0 aliphatic rings. The van der Waals surface area contributed by atoms with Crippen molar-refractivity contribution < 1.29 is 9.21 Å². The van der Waals surface area contributed by atoms with Gasteiger partial charge in [0.05, 0.1) is 22.6 Å². The first-order valence-corrected chi connectivity index (χ1v) is 11.3. The number of amides is 1. The van der Waals surface area contributed by atoms with Crippen molar-refractivity contribution in [2.45, 2.75) is 12.8 Å². The number of fused-ring (bicyclic) bond motifs is 1. The van der Waals surface area contributed by atoms with Crippen LogP contribution in [-0.2, 0) is 4.79 Å². The van der Waals surface area contributed by atoms with Gasteiger partial charge in [-0.25, -0.2) is 4.98 Å². The summed E-state index contributed by atoms with van der Waals surface area (Å²) in [5, 5.41) is 11.3. The zero-order chi connectivity index (χ0) is 22.3. The minimum Gasteiger partial charge on any atom is -0.465 e. The number of halogens is 2. The Labute approximate surface area is 198 Å². The Bertz CT molecular complexity index is 1240. The summed E-state index contributed by atoms with van der Waals surface area (Å²) in [6.07, 6.45) is 8.11. The summed E-state index contributed by atoms with van der Waals surface area (Å²) in [6, 6.07) is 13.1. The number of carbonyl (C=O) groups excluding carboxylic acids is 1. The lowest BCUT2D eigenvalue weighted by molar-refractivity contribution is -0.116. The van der Waals surface area contributed by atoms with Gasteiger partial charge >= 0.3 is 0 Å². The maximum atomic E-state index is 11.9. The van der Waals surface area contributed by atoms with Crippen LogP contribution in [0.5, 0.6) is 0 Å². The van der Waals surface area contributed by atoms with Crippen molar-refractivity contribution in [3.8, 4) is 11.3 Å². The third-order valence-corrected chi connectivity index (χ3v) is 5.62. The first kappa shape index (κ1) is 22.1. The molecule has 1 amide bonds. The molecule has 0 saturated carbocycles. The van der Waals surface area contributed by atoms with Crippen LogP contribution in [0.1, 0.15) is 18.6 Å². The molecule has 164 valence electrons. The van der Waals surface area contributed by atoms with Gasteiger partial charge < -0.3 is 15.1 Å². The predicted octanol–water partition coefficient (Wildman–Crippen LogP) is 5.43. The molecular formula is C23H21BrClN5O2. The van der Waals surface area contributed by atoms with E-state index in [1.54, 1.807) is 35.2 Å². The van der Waals surface area contributed by atoms with Gasteiger partial charge in [0.25, 0.3) is 0 Å². The molecule has 32 heavy (non-hydrogen) atoms. The summed E-state index contributed by atoms with van der Waals surface area (Å²) in [4.78, 5) is 16.6. The minimum atomic E-state index is -0.143. The lowest BCUT2D eigenvalue weighted by Crippen LogP contribution is -2.22. The Hall–Kier alpha value is -3.10. The fourth-order valence-electron chi connectivity index (χ4n) is 3.15. The smallest absolute Gasteiger partial charge is 0.244 e. The molecule has 0 bridgehead atoms. The van der Waals surface area contributed by atoms with Crippen LogP contribution in [0.15, 0.2) is 69.9 Å². The zero-order valence-corrected chi connectivity index (χ0v) is 19.4. The molecule has 0 radical (unpaired) electrons. The fourth-order valence-corrected chi connectivity index (χ4v) is 3.73. The van der Waals surface area contributed by atoms with Crippen molar-refractivity contribution in [1.82, 2.24) is 19.9 Å². The second-order valence-corrected chi connectivity index (χ2v) is 8.27. The summed E-state index contributed by atoms with van der Waals surface area (Å²) in [6.45, 7) is 1.31. The molecular weight excluding hydrogens is 494 g/mol. The van der Waals surface area contributed by atoms with Crippen molar-refractivity contribution in [3.05, 3.63) is 76.3 Å². The van der Waals surface area contributed by atoms with Gasteiger partial charge in [0.15, 0.2) is 5.65 Å². The predicted molar refractivity (Wildman–Crippen MR) is 130 cm³/mol. The Balaban J connectivity index is 1.33. The number of hydrogen-bond acceptors (Lipinski definition) is 5. The van der Waals surface area contributed by atoms with Gasteiger partial charge in [0, 0.05) is 35.8 Å². The van der Waals surface area contributed by atoms with E-state index in [2.05, 4.69) is 31.7 Å². The molecule has 0 aliphatic heterocycles. The Morgan fingerprint density at radius 3 is 2.84 bits per heavy atom. The number of anilines is 1. The summed E-state index contributed by atoms with van der Waals surface area (Å²) >= 11 is 9.88. The van der Waals surface area contributed by atoms with Crippen molar-refractivity contribution in [3.63, 3.8) is 0 Å². The number of furan rings is 1. The van der Waals surface area contributed by atoms with Crippen LogP contribution in [0.2, 0.25) is 5.02 Å². The standard InChI is InChI=1S/C23H21BrClN5O2/c24-18-15-28-30-21(14-20(29-23(18)30)17-7-1-2-8-19(17)25)26-11-3-4-12-27-22(31)10-9-16-6-5-13-32-16/h1-2,5-10,13-15,26H,3-4,11-12H2,(H,27,31). The number of nitrogens with one attached hydrogen (secondary N) is 2. The highest BCUT2D eigenvalue weighted by molar-refractivity contribution is 9.10. The zero-order valence-electron chi connectivity index (χ0n) is 17.1. The van der Waals surface area contributed by atoms with E-state index in [1.807, 2.05) is 30.3 Å². The van der Waals surface area contributed by atoms with Crippen molar-refractivity contribution in [1.29, 1.82) is 0 Å². The molecule has 0 spiro atoms. The molecule has 0 aliphatic carbocycles. The molecule has 0 unspecified atom stereocenters. The Kier molecular flexibility index (Phi) is 7.24. The van der Waals surface area contributed by atoms with E-state index < -0.39 is 0 Å². The average molecular weight is 515 g/mol. The number of benzene rings is 1. The van der Waals surface area contributed by atoms with E-state index in [4.69, 9.17) is 21.0 Å². The number of rotatable bonds is 9. The molecule has 1 aromatic carbocycles. The number of hydrogen-bond donors (Lipinski definition) is 2. The number of aromatic nitrogens is 3. The SMILES string of the molecule is O=C(C=Cc1ccco1)NCCCCNc1cc(-c2ccccc2Cl)nc2c(Br)cnn12. The maximum absolute atomic E-state index is 11.9. The van der Waals surface area contributed by atoms with Crippen molar-refractivity contribution in [2.24, 2.45) is 0 Å². The van der Waals surface area contributed by atoms with Crippen LogP contribution in [0.4, 0.5) is 5.82 Å². The fraction of sp³-hybridized carbons (Fsp3) is 0.174. The van der Waals surface area contributed by atoms with E-state index in [-0.39, 0.29) is 5.91 Å². The quantitative estimate of drug-likeness (QED) is 0.230. The Morgan fingerprint density at radius 1 is 1.19 bits per heavy atom. The monoisotopic (exact) mass is 513 g/mol. The Morgan fingerprint density at radius 2 is 2.03 bits per heavy atom. The van der Waals surface area contributed by atoms with Gasteiger partial charge in [0.1, 0.15) is 11.6 Å². The highest BCUT2D eigenvalue weighted by Gasteiger charge is 2.13. The first-order chi connectivity index (χ1) is 15.6. The first-order valence-electron chi connectivity index (χ1n) is 10.1. The topological polar surface area (TPSA) is 84.5 Å². The minimum absolute atomic E-state index is 0.143. The third kappa shape index (κ3) is 5.38. The van der Waals surface area contributed by atoms with Gasteiger partial charge in [-0.05, 0) is 53.0 Å². The summed E-state index contributed by atoms with van der Waals surface area (Å²) in [7, 11) is 0. The molecule has 4 rings (SSSR count). The average Bonchev–Trinajstić information content (AvgIpc) is 3.45. The van der Waals surface area contributed by atoms with Crippen LogP contribution in [0.3, 0.4) is 0 Å². The maximum Gasteiger partial charge on any atom is 0.244 e. The molecule has 4 aromatic rings. The summed E-state index contributed by atoms with van der Waals surface area (Å²) < 4.78 is 7.72. The second-order valence-electron chi connectivity index (χ2n) is 7.01. The molecule has 3 heterocycles. The van der Waals surface area contributed by atoms with Crippen LogP contribution < -0.4 is 10.6 Å². The van der Waals surface area contributed by atoms with E-state index in [1.165, 1.54) is 6.08 Å². The summed E-state index contributed by atoms with van der Waals surface area (Å²) in [5.41, 5.74) is 2.33. The van der Waals surface area contributed by atoms with Crippen LogP contribution >= 0.6 is 27.5 Å². The van der Waals surface area contributed by atoms with Crippen molar-refractivity contribution in [2.75, 3.05) is 18.4 Å². The van der Waals surface area contributed by atoms with E-state index in [0.717, 1.165) is 40.9 Å². The van der Waals surface area contributed by atoms with Crippen LogP contribution in [0.25, 0.3) is 23.0 Å². The molecule has 3 aromatic heterocycles. The largest absolute Gasteiger partial charge is 0.465 e. The molecule has 0 saturated heterocycles. The third-order valence-electron chi connectivity index (χ3n) is 4.73. The number of nitrogens with zero attached hydrogens (tertiary/aromatic N) is 3. The van der Waals surface area contributed by atoms with Crippen molar-refractivity contribution >= 4 is 51.0 Å². The highest BCUT2D eigenvalue weighted by atomic mass is 79.9. The number of carbonyl (C=O) groups is 1. The van der Waals surface area contributed by atoms with Gasteiger partial charge in [0.2, 0.25) is 5.91 Å². The van der Waals surface area contributed by atoms with E-state index in [9.17, 15) is 4.79 Å². The van der Waals surface area contributed by atoms with Gasteiger partial charge in [-0.15, -0.1) is 0 Å². The van der Waals surface area contributed by atoms with Crippen LogP contribution in [0, 0.1) is 0 Å². The number of unbranched alkanes of at least 4 members (excludes halogenated alkanes) is 1. The normalized spacial score (nSPS) is 11.3. The van der Waals surface area contributed by atoms with Gasteiger partial charge in [-0.2, -0.15) is 9.61 Å². The van der Waals surface area contributed by atoms with Gasteiger partial charge in [-0.1, -0.05) is 29.8 Å². The van der Waals surface area contributed by atoms with Crippen LogP contribution in [-0.4, -0.2) is 33.6 Å². The van der Waals surface area contributed by atoms with E-state index in [0.29, 0.717) is 23.0 Å². The molecule has 7 nitrogen and oxygen atoms in total. The lowest BCUT2D eigenvalue weighted by Gasteiger charge is -2.11. The second kappa shape index (κ2) is 10.5. The molecule has 9 heteroatoms. The van der Waals surface area contributed by atoms with Gasteiger partial charge in [-0.3, -0.25) is 4.79 Å². The lowest BCUT2D eigenvalue weighted by atomic mass is 10.1. The molecule has 2 N–H and O–H groups in total. The molecule has 0 fully saturated rings. The highest BCUT2D eigenvalue weighted by Crippen LogP contribution is 2.30. The van der Waals surface area contributed by atoms with E-state index >= 15 is 0 Å². The molecule has 0 atom stereocenters.